The van der Waals surface area contributed by atoms with Gasteiger partial charge in [-0.1, -0.05) is 19.9 Å². The molecule has 0 spiro atoms. The van der Waals surface area contributed by atoms with Crippen molar-refractivity contribution in [2.75, 3.05) is 6.26 Å². The molecule has 0 aromatic heterocycles. The largest absolute Gasteiger partial charge is 0.247 e. The first kappa shape index (κ1) is 13.5. The van der Waals surface area contributed by atoms with Crippen LogP contribution in [0.5, 0.6) is 0 Å². The molecule has 80 valence electrons. The predicted molar refractivity (Wildman–Crippen MR) is 69.0 cm³/mol. The molecule has 2 heteroatoms. The first-order chi connectivity index (χ1) is 6.69. The summed E-state index contributed by atoms with van der Waals surface area (Å²) in [5.74, 6) is 0. The van der Waals surface area contributed by atoms with Gasteiger partial charge in [0.2, 0.25) is 0 Å². The zero-order valence-electron chi connectivity index (χ0n) is 9.92. The molecule has 0 heterocycles. The molecular weight excluding hydrogens is 190 g/mol. The Balaban J connectivity index is 4.88. The summed E-state index contributed by atoms with van der Waals surface area (Å²) in [5, 5.41) is 1.17. The number of hydrogen-bond acceptors (Lipinski definition) is 2. The van der Waals surface area contributed by atoms with Crippen molar-refractivity contribution in [3.8, 4) is 0 Å². The molecule has 0 rings (SSSR count). The van der Waals surface area contributed by atoms with E-state index in [4.69, 9.17) is 0 Å². The molecule has 0 radical (unpaired) electrons. The summed E-state index contributed by atoms with van der Waals surface area (Å²) >= 11 is 1.73. The molecule has 0 aliphatic heterocycles. The number of aliphatic imine (C=N–C) groups is 1. The van der Waals surface area contributed by atoms with Crippen molar-refractivity contribution >= 4 is 17.5 Å². The maximum atomic E-state index is 4.65. The number of nitrogens with zero attached hydrogens (tertiary/aromatic N) is 1. The molecule has 0 aliphatic carbocycles. The standard InChI is InChI=1S/C12H21NS/c1-6-9-11(8-3)13-12(14-5)10(4)7-2/h6,9H,7-8H2,1-5H3/b9-6-,12-10?,13-11-. The Morgan fingerprint density at radius 1 is 1.29 bits per heavy atom. The highest BCUT2D eigenvalue weighted by molar-refractivity contribution is 8.02. The van der Waals surface area contributed by atoms with Gasteiger partial charge < -0.3 is 0 Å². The second kappa shape index (κ2) is 7.86. The summed E-state index contributed by atoms with van der Waals surface area (Å²) in [6.45, 7) is 8.49. The van der Waals surface area contributed by atoms with Gasteiger partial charge >= 0.3 is 0 Å². The van der Waals surface area contributed by atoms with Crippen LogP contribution in [-0.2, 0) is 0 Å². The van der Waals surface area contributed by atoms with E-state index in [9.17, 15) is 0 Å². The van der Waals surface area contributed by atoms with Crippen molar-refractivity contribution in [1.82, 2.24) is 0 Å². The zero-order chi connectivity index (χ0) is 11.0. The molecule has 0 fully saturated rings. The Hall–Kier alpha value is -0.500. The maximum Gasteiger partial charge on any atom is 0.0949 e. The van der Waals surface area contributed by atoms with E-state index in [0.717, 1.165) is 18.6 Å². The van der Waals surface area contributed by atoms with Crippen molar-refractivity contribution in [3.05, 3.63) is 22.8 Å². The van der Waals surface area contributed by atoms with Crippen LogP contribution >= 0.6 is 11.8 Å². The third kappa shape index (κ3) is 4.66. The minimum atomic E-state index is 0.991. The van der Waals surface area contributed by atoms with Gasteiger partial charge in [0.05, 0.1) is 5.03 Å². The molecule has 0 amide bonds. The fraction of sp³-hybridized carbons (Fsp3) is 0.583. The van der Waals surface area contributed by atoms with Crippen LogP contribution in [0.15, 0.2) is 27.7 Å². The van der Waals surface area contributed by atoms with E-state index >= 15 is 0 Å². The minimum absolute atomic E-state index is 0.991. The van der Waals surface area contributed by atoms with Crippen LogP contribution in [0.4, 0.5) is 0 Å². The Morgan fingerprint density at radius 3 is 2.29 bits per heavy atom. The molecule has 1 nitrogen and oxygen atoms in total. The Bertz CT molecular complexity index is 249. The first-order valence-corrected chi connectivity index (χ1v) is 6.36. The first-order valence-electron chi connectivity index (χ1n) is 5.13. The van der Waals surface area contributed by atoms with Crippen LogP contribution in [0, 0.1) is 0 Å². The van der Waals surface area contributed by atoms with E-state index in [0.29, 0.717) is 0 Å². The Kier molecular flexibility index (Phi) is 7.58. The fourth-order valence-electron chi connectivity index (χ4n) is 1.02. The van der Waals surface area contributed by atoms with Gasteiger partial charge in [-0.25, -0.2) is 4.99 Å². The monoisotopic (exact) mass is 211 g/mol. The summed E-state index contributed by atoms with van der Waals surface area (Å²) in [6, 6.07) is 0. The molecule has 0 saturated heterocycles. The molecule has 0 saturated carbocycles. The molecule has 0 aliphatic rings. The predicted octanol–water partition coefficient (Wildman–Crippen LogP) is 4.42. The smallest absolute Gasteiger partial charge is 0.0949 e. The van der Waals surface area contributed by atoms with Gasteiger partial charge in [0.15, 0.2) is 0 Å². The highest BCUT2D eigenvalue weighted by Gasteiger charge is 1.98. The lowest BCUT2D eigenvalue weighted by Crippen LogP contribution is -1.92. The summed E-state index contributed by atoms with van der Waals surface area (Å²) in [4.78, 5) is 4.65. The quantitative estimate of drug-likeness (QED) is 0.613. The molecule has 14 heavy (non-hydrogen) atoms. The van der Waals surface area contributed by atoms with Crippen LogP contribution in [0.3, 0.4) is 0 Å². The average Bonchev–Trinajstić information content (AvgIpc) is 2.23. The van der Waals surface area contributed by atoms with E-state index in [1.54, 1.807) is 11.8 Å². The third-order valence-electron chi connectivity index (χ3n) is 2.06. The van der Waals surface area contributed by atoms with Crippen LogP contribution in [0.25, 0.3) is 0 Å². The Morgan fingerprint density at radius 2 is 1.93 bits per heavy atom. The average molecular weight is 211 g/mol. The number of thioether (sulfide) groups is 1. The van der Waals surface area contributed by atoms with E-state index in [-0.39, 0.29) is 0 Å². The van der Waals surface area contributed by atoms with Gasteiger partial charge in [-0.05, 0) is 44.6 Å². The molecular formula is C12H21NS. The number of hydrogen-bond donors (Lipinski definition) is 0. The fourth-order valence-corrected chi connectivity index (χ4v) is 1.72. The Labute approximate surface area is 92.4 Å². The van der Waals surface area contributed by atoms with Gasteiger partial charge in [0.25, 0.3) is 0 Å². The summed E-state index contributed by atoms with van der Waals surface area (Å²) in [6.07, 6.45) is 8.28. The SMILES string of the molecule is C/C=C\C(CC)=N/C(SC)=C(C)CC. The topological polar surface area (TPSA) is 12.4 Å². The van der Waals surface area contributed by atoms with Crippen molar-refractivity contribution in [1.29, 1.82) is 0 Å². The summed E-state index contributed by atoms with van der Waals surface area (Å²) in [5.41, 5.74) is 2.53. The maximum absolute atomic E-state index is 4.65. The summed E-state index contributed by atoms with van der Waals surface area (Å²) < 4.78 is 0. The van der Waals surface area contributed by atoms with Crippen LogP contribution in [-0.4, -0.2) is 12.0 Å². The highest BCUT2D eigenvalue weighted by atomic mass is 32.2. The molecule has 0 aromatic carbocycles. The molecule has 0 atom stereocenters. The van der Waals surface area contributed by atoms with Crippen molar-refractivity contribution in [2.45, 2.75) is 40.5 Å². The van der Waals surface area contributed by atoms with E-state index in [1.165, 1.54) is 10.6 Å². The number of rotatable bonds is 5. The zero-order valence-corrected chi connectivity index (χ0v) is 10.7. The molecule has 0 unspecified atom stereocenters. The van der Waals surface area contributed by atoms with Gasteiger partial charge in [-0.2, -0.15) is 0 Å². The lowest BCUT2D eigenvalue weighted by molar-refractivity contribution is 1.08. The highest BCUT2D eigenvalue weighted by Crippen LogP contribution is 2.21. The molecule has 0 aromatic rings. The summed E-state index contributed by atoms with van der Waals surface area (Å²) in [7, 11) is 0. The van der Waals surface area contributed by atoms with E-state index in [1.807, 2.05) is 13.0 Å². The van der Waals surface area contributed by atoms with Crippen LogP contribution in [0.2, 0.25) is 0 Å². The van der Waals surface area contributed by atoms with Crippen molar-refractivity contribution < 1.29 is 0 Å². The minimum Gasteiger partial charge on any atom is -0.247 e. The second-order valence-electron chi connectivity index (χ2n) is 3.10. The normalized spacial score (nSPS) is 14.8. The lowest BCUT2D eigenvalue weighted by Gasteiger charge is -2.04. The van der Waals surface area contributed by atoms with Crippen LogP contribution < -0.4 is 0 Å². The van der Waals surface area contributed by atoms with Gasteiger partial charge in [0.1, 0.15) is 0 Å². The second-order valence-corrected chi connectivity index (χ2v) is 3.89. The van der Waals surface area contributed by atoms with Crippen LogP contribution in [0.1, 0.15) is 40.5 Å². The molecule has 0 bridgehead atoms. The lowest BCUT2D eigenvalue weighted by atomic mass is 10.2. The van der Waals surface area contributed by atoms with E-state index < -0.39 is 0 Å². The number of allylic oxidation sites excluding steroid dienone is 3. The van der Waals surface area contributed by atoms with E-state index in [2.05, 4.69) is 38.1 Å². The van der Waals surface area contributed by atoms with Crippen molar-refractivity contribution in [2.24, 2.45) is 4.99 Å². The van der Waals surface area contributed by atoms with Gasteiger partial charge in [0, 0.05) is 5.71 Å². The van der Waals surface area contributed by atoms with Gasteiger partial charge in [-0.15, -0.1) is 11.8 Å². The van der Waals surface area contributed by atoms with Gasteiger partial charge in [-0.3, -0.25) is 0 Å². The van der Waals surface area contributed by atoms with Crippen molar-refractivity contribution in [3.63, 3.8) is 0 Å². The molecule has 0 N–H and O–H groups in total. The third-order valence-corrected chi connectivity index (χ3v) is 2.88.